The van der Waals surface area contributed by atoms with Crippen molar-refractivity contribution in [3.8, 4) is 0 Å². The van der Waals surface area contributed by atoms with E-state index in [0.717, 1.165) is 4.57 Å². The first kappa shape index (κ1) is 13.8. The second-order valence-electron chi connectivity index (χ2n) is 3.91. The number of rotatable bonds is 5. The van der Waals surface area contributed by atoms with Crippen molar-refractivity contribution in [1.29, 1.82) is 0 Å². The molecule has 0 spiro atoms. The predicted octanol–water partition coefficient (Wildman–Crippen LogP) is 2.06. The third kappa shape index (κ3) is 3.05. The molecular weight excluding hydrogens is 261 g/mol. The topological polar surface area (TPSA) is 47.3 Å². The summed E-state index contributed by atoms with van der Waals surface area (Å²) in [4.78, 5) is 3.62. The van der Waals surface area contributed by atoms with Crippen LogP contribution in [0.2, 0.25) is 0 Å². The van der Waals surface area contributed by atoms with E-state index in [-0.39, 0.29) is 26.4 Å². The third-order valence-electron chi connectivity index (χ3n) is 2.60. The highest BCUT2D eigenvalue weighted by atomic mass is 19.4. The Hall–Kier alpha value is -1.60. The standard InChI is InChI=1S/C12H13F3N2O2/c13-12(14,15)11-16-9-3-1-2-4-10(9)17(11)5-7-19-8-6-18/h1-4,18H,5-8H2. The lowest BCUT2D eigenvalue weighted by Crippen LogP contribution is -2.17. The molecule has 0 saturated carbocycles. The fourth-order valence-corrected chi connectivity index (χ4v) is 1.84. The van der Waals surface area contributed by atoms with Gasteiger partial charge in [0.25, 0.3) is 0 Å². The molecule has 19 heavy (non-hydrogen) atoms. The summed E-state index contributed by atoms with van der Waals surface area (Å²) in [6.45, 7) is 0.0735. The molecule has 2 rings (SSSR count). The second kappa shape index (κ2) is 5.58. The van der Waals surface area contributed by atoms with Gasteiger partial charge < -0.3 is 14.4 Å². The molecule has 0 bridgehead atoms. The molecule has 104 valence electrons. The number of alkyl halides is 3. The molecular formula is C12H13F3N2O2. The molecule has 1 heterocycles. The maximum atomic E-state index is 12.9. The number of aliphatic hydroxyl groups is 1. The number of halogens is 3. The van der Waals surface area contributed by atoms with E-state index in [0.29, 0.717) is 11.0 Å². The van der Waals surface area contributed by atoms with Crippen molar-refractivity contribution in [3.05, 3.63) is 30.1 Å². The molecule has 0 saturated heterocycles. The van der Waals surface area contributed by atoms with E-state index in [1.54, 1.807) is 18.2 Å². The summed E-state index contributed by atoms with van der Waals surface area (Å²) in [6.07, 6.45) is -4.50. The zero-order chi connectivity index (χ0) is 13.9. The van der Waals surface area contributed by atoms with Gasteiger partial charge in [-0.3, -0.25) is 0 Å². The smallest absolute Gasteiger partial charge is 0.394 e. The number of para-hydroxylation sites is 2. The average Bonchev–Trinajstić information content (AvgIpc) is 2.74. The molecule has 7 heteroatoms. The molecule has 0 amide bonds. The maximum Gasteiger partial charge on any atom is 0.449 e. The Labute approximate surface area is 107 Å². The van der Waals surface area contributed by atoms with Crippen LogP contribution in [0.4, 0.5) is 13.2 Å². The lowest BCUT2D eigenvalue weighted by molar-refractivity contribution is -0.147. The Kier molecular flexibility index (Phi) is 4.06. The molecule has 0 unspecified atom stereocenters. The molecule has 2 aromatic rings. The predicted molar refractivity (Wildman–Crippen MR) is 62.6 cm³/mol. The summed E-state index contributed by atoms with van der Waals surface area (Å²) in [5.41, 5.74) is 0.722. The lowest BCUT2D eigenvalue weighted by atomic mass is 10.3. The average molecular weight is 274 g/mol. The van der Waals surface area contributed by atoms with Gasteiger partial charge in [-0.1, -0.05) is 12.1 Å². The summed E-state index contributed by atoms with van der Waals surface area (Å²) in [5, 5.41) is 8.55. The zero-order valence-electron chi connectivity index (χ0n) is 10.0. The molecule has 1 aromatic heterocycles. The number of ether oxygens (including phenoxy) is 1. The van der Waals surface area contributed by atoms with Crippen molar-refractivity contribution in [2.24, 2.45) is 0 Å². The summed E-state index contributed by atoms with van der Waals surface area (Å²) in [6, 6.07) is 6.43. The van der Waals surface area contributed by atoms with Gasteiger partial charge >= 0.3 is 6.18 Å². The van der Waals surface area contributed by atoms with E-state index in [9.17, 15) is 13.2 Å². The van der Waals surface area contributed by atoms with E-state index >= 15 is 0 Å². The van der Waals surface area contributed by atoms with Crippen LogP contribution >= 0.6 is 0 Å². The Balaban J connectivity index is 2.32. The van der Waals surface area contributed by atoms with E-state index in [1.165, 1.54) is 6.07 Å². The van der Waals surface area contributed by atoms with Gasteiger partial charge in [-0.25, -0.2) is 4.98 Å². The number of hydrogen-bond donors (Lipinski definition) is 1. The molecule has 1 aromatic carbocycles. The molecule has 4 nitrogen and oxygen atoms in total. The number of fused-ring (bicyclic) bond motifs is 1. The van der Waals surface area contributed by atoms with Crippen LogP contribution < -0.4 is 0 Å². The number of imidazole rings is 1. The Morgan fingerprint density at radius 1 is 1.21 bits per heavy atom. The summed E-state index contributed by atoms with van der Waals surface area (Å²) in [5.74, 6) is -0.929. The van der Waals surface area contributed by atoms with E-state index in [4.69, 9.17) is 9.84 Å². The SMILES string of the molecule is OCCOCCn1c(C(F)(F)F)nc2ccccc21. The van der Waals surface area contributed by atoms with Crippen LogP contribution in [-0.4, -0.2) is 34.5 Å². The van der Waals surface area contributed by atoms with Gasteiger partial charge in [0.1, 0.15) is 0 Å². The lowest BCUT2D eigenvalue weighted by Gasteiger charge is -2.11. The van der Waals surface area contributed by atoms with Crippen molar-refractivity contribution < 1.29 is 23.0 Å². The Morgan fingerprint density at radius 3 is 2.63 bits per heavy atom. The quantitative estimate of drug-likeness (QED) is 0.849. The highest BCUT2D eigenvalue weighted by Gasteiger charge is 2.37. The number of hydrogen-bond acceptors (Lipinski definition) is 3. The fraction of sp³-hybridized carbons (Fsp3) is 0.417. The minimum Gasteiger partial charge on any atom is -0.394 e. The highest BCUT2D eigenvalue weighted by Crippen LogP contribution is 2.31. The van der Waals surface area contributed by atoms with Gasteiger partial charge in [-0.2, -0.15) is 13.2 Å². The maximum absolute atomic E-state index is 12.9. The first-order valence-electron chi connectivity index (χ1n) is 5.75. The van der Waals surface area contributed by atoms with Gasteiger partial charge in [0.05, 0.1) is 30.9 Å². The normalized spacial score (nSPS) is 12.2. The van der Waals surface area contributed by atoms with Crippen LogP contribution in [0.15, 0.2) is 24.3 Å². The zero-order valence-corrected chi connectivity index (χ0v) is 10.0. The van der Waals surface area contributed by atoms with Gasteiger partial charge in [0.2, 0.25) is 5.82 Å². The number of aromatic nitrogens is 2. The van der Waals surface area contributed by atoms with Crippen LogP contribution in [0, 0.1) is 0 Å². The van der Waals surface area contributed by atoms with Crippen LogP contribution in [0.3, 0.4) is 0 Å². The number of benzene rings is 1. The van der Waals surface area contributed by atoms with E-state index in [1.807, 2.05) is 0 Å². The summed E-state index contributed by atoms with van der Waals surface area (Å²) in [7, 11) is 0. The molecule has 0 fully saturated rings. The first-order valence-corrected chi connectivity index (χ1v) is 5.75. The molecule has 0 aliphatic heterocycles. The van der Waals surface area contributed by atoms with Crippen LogP contribution in [0.25, 0.3) is 11.0 Å². The van der Waals surface area contributed by atoms with Crippen LogP contribution in [0.1, 0.15) is 5.82 Å². The largest absolute Gasteiger partial charge is 0.449 e. The van der Waals surface area contributed by atoms with Gasteiger partial charge in [0.15, 0.2) is 0 Å². The fourth-order valence-electron chi connectivity index (χ4n) is 1.84. The van der Waals surface area contributed by atoms with Crippen molar-refractivity contribution in [3.63, 3.8) is 0 Å². The molecule has 1 N–H and O–H groups in total. The summed E-state index contributed by atoms with van der Waals surface area (Å²) < 4.78 is 44.8. The third-order valence-corrected chi connectivity index (χ3v) is 2.60. The monoisotopic (exact) mass is 274 g/mol. The minimum absolute atomic E-state index is 0.0371. The van der Waals surface area contributed by atoms with Crippen molar-refractivity contribution in [2.45, 2.75) is 12.7 Å². The minimum atomic E-state index is -4.50. The van der Waals surface area contributed by atoms with Gasteiger partial charge in [0, 0.05) is 6.54 Å². The van der Waals surface area contributed by atoms with Crippen molar-refractivity contribution in [2.75, 3.05) is 19.8 Å². The van der Waals surface area contributed by atoms with Gasteiger partial charge in [-0.05, 0) is 12.1 Å². The van der Waals surface area contributed by atoms with Crippen LogP contribution in [0.5, 0.6) is 0 Å². The van der Waals surface area contributed by atoms with E-state index in [2.05, 4.69) is 4.98 Å². The van der Waals surface area contributed by atoms with Crippen LogP contribution in [-0.2, 0) is 17.5 Å². The molecule has 0 aliphatic carbocycles. The summed E-state index contributed by atoms with van der Waals surface area (Å²) >= 11 is 0. The number of aliphatic hydroxyl groups excluding tert-OH is 1. The first-order chi connectivity index (χ1) is 9.04. The van der Waals surface area contributed by atoms with Gasteiger partial charge in [-0.15, -0.1) is 0 Å². The van der Waals surface area contributed by atoms with Crippen molar-refractivity contribution in [1.82, 2.24) is 9.55 Å². The second-order valence-corrected chi connectivity index (χ2v) is 3.91. The molecule has 0 atom stereocenters. The number of nitrogens with zero attached hydrogens (tertiary/aromatic N) is 2. The molecule has 0 aliphatic rings. The van der Waals surface area contributed by atoms with E-state index < -0.39 is 12.0 Å². The Morgan fingerprint density at radius 2 is 1.95 bits per heavy atom. The Bertz CT molecular complexity index is 551. The molecule has 0 radical (unpaired) electrons. The van der Waals surface area contributed by atoms with Crippen molar-refractivity contribution >= 4 is 11.0 Å². The highest BCUT2D eigenvalue weighted by molar-refractivity contribution is 5.76.